The third kappa shape index (κ3) is 3.11. The molecular weight excluding hydrogens is 240 g/mol. The molecule has 2 rings (SSSR count). The summed E-state index contributed by atoms with van der Waals surface area (Å²) in [5, 5.41) is 3.23. The van der Waals surface area contributed by atoms with Crippen LogP contribution >= 0.6 is 0 Å². The Morgan fingerprint density at radius 3 is 2.83 bits per heavy atom. The van der Waals surface area contributed by atoms with Crippen LogP contribution in [0.4, 0.5) is 8.78 Å². The van der Waals surface area contributed by atoms with Gasteiger partial charge in [0.1, 0.15) is 0 Å². The lowest BCUT2D eigenvalue weighted by Crippen LogP contribution is -2.48. The van der Waals surface area contributed by atoms with Gasteiger partial charge in [0, 0.05) is 24.1 Å². The number of benzene rings is 1. The summed E-state index contributed by atoms with van der Waals surface area (Å²) in [5.41, 5.74) is 0.189. The fourth-order valence-electron chi connectivity index (χ4n) is 2.01. The topological polar surface area (TPSA) is 38.3 Å². The summed E-state index contributed by atoms with van der Waals surface area (Å²) in [6.45, 7) is 3.05. The third-order valence-electron chi connectivity index (χ3n) is 2.88. The molecule has 0 aliphatic carbocycles. The van der Waals surface area contributed by atoms with Crippen LogP contribution in [-0.2, 0) is 4.74 Å². The van der Waals surface area contributed by atoms with Crippen molar-refractivity contribution in [3.8, 4) is 0 Å². The lowest BCUT2D eigenvalue weighted by molar-refractivity contribution is 0.0463. The number of nitrogens with one attached hydrogen (secondary N) is 1. The highest BCUT2D eigenvalue weighted by atomic mass is 19.2. The third-order valence-corrected chi connectivity index (χ3v) is 2.88. The molecule has 0 saturated carbocycles. The van der Waals surface area contributed by atoms with E-state index in [4.69, 9.17) is 4.74 Å². The average Bonchev–Trinajstić information content (AvgIpc) is 2.32. The van der Waals surface area contributed by atoms with Crippen LogP contribution in [0, 0.1) is 11.6 Å². The predicted octanol–water partition coefficient (Wildman–Crippen LogP) is 1.91. The van der Waals surface area contributed by atoms with Crippen LogP contribution in [0.3, 0.4) is 0 Å². The first-order valence-corrected chi connectivity index (χ1v) is 5.88. The van der Waals surface area contributed by atoms with Gasteiger partial charge in [0.05, 0.1) is 13.2 Å². The zero-order chi connectivity index (χ0) is 13.1. The van der Waals surface area contributed by atoms with Gasteiger partial charge in [-0.1, -0.05) is 0 Å². The number of hydrogen-bond donors (Lipinski definition) is 1. The number of hydrogen-bond acceptors (Lipinski definition) is 3. The molecule has 1 heterocycles. The molecule has 0 spiro atoms. The molecule has 0 aromatic heterocycles. The van der Waals surface area contributed by atoms with Crippen LogP contribution in [0.1, 0.15) is 23.7 Å². The van der Waals surface area contributed by atoms with E-state index in [1.807, 2.05) is 6.92 Å². The van der Waals surface area contributed by atoms with E-state index in [1.54, 1.807) is 0 Å². The maximum absolute atomic E-state index is 13.0. The molecule has 3 nitrogen and oxygen atoms in total. The Bertz CT molecular complexity index is 451. The fraction of sp³-hybridized carbons (Fsp3) is 0.462. The zero-order valence-corrected chi connectivity index (χ0v) is 10.1. The molecule has 1 aliphatic rings. The van der Waals surface area contributed by atoms with Crippen molar-refractivity contribution in [2.75, 3.05) is 13.2 Å². The number of rotatable bonds is 3. The number of halogens is 2. The predicted molar refractivity (Wildman–Crippen MR) is 62.5 cm³/mol. The van der Waals surface area contributed by atoms with Gasteiger partial charge in [-0.25, -0.2) is 8.78 Å². The van der Waals surface area contributed by atoms with Crippen molar-refractivity contribution in [3.63, 3.8) is 0 Å². The van der Waals surface area contributed by atoms with Crippen LogP contribution in [0.5, 0.6) is 0 Å². The van der Waals surface area contributed by atoms with Crippen LogP contribution in [-0.4, -0.2) is 31.1 Å². The summed E-state index contributed by atoms with van der Waals surface area (Å²) >= 11 is 0. The zero-order valence-electron chi connectivity index (χ0n) is 10.1. The highest BCUT2D eigenvalue weighted by Crippen LogP contribution is 2.13. The summed E-state index contributed by atoms with van der Waals surface area (Å²) in [4.78, 5) is 11.9. The largest absolute Gasteiger partial charge is 0.378 e. The Morgan fingerprint density at radius 1 is 1.39 bits per heavy atom. The monoisotopic (exact) mass is 255 g/mol. The molecule has 98 valence electrons. The standard InChI is InChI=1S/C13H15F2NO2/c1-8-6-18-7-10(16-8)5-13(17)9-2-3-11(14)12(15)4-9/h2-4,8,10,16H,5-7H2,1H3. The number of carbonyl (C=O) groups is 1. The highest BCUT2D eigenvalue weighted by molar-refractivity contribution is 5.96. The van der Waals surface area contributed by atoms with E-state index in [1.165, 1.54) is 6.07 Å². The van der Waals surface area contributed by atoms with Crippen molar-refractivity contribution in [2.24, 2.45) is 0 Å². The van der Waals surface area contributed by atoms with Gasteiger partial charge in [-0.15, -0.1) is 0 Å². The lowest BCUT2D eigenvalue weighted by atomic mass is 10.0. The number of ether oxygens (including phenoxy) is 1. The van der Waals surface area contributed by atoms with Gasteiger partial charge < -0.3 is 10.1 Å². The number of morpholine rings is 1. The van der Waals surface area contributed by atoms with Crippen LogP contribution < -0.4 is 5.32 Å². The fourth-order valence-corrected chi connectivity index (χ4v) is 2.01. The molecule has 1 fully saturated rings. The van der Waals surface area contributed by atoms with Crippen molar-refractivity contribution >= 4 is 5.78 Å². The van der Waals surface area contributed by atoms with Gasteiger partial charge in [0.25, 0.3) is 0 Å². The molecule has 5 heteroatoms. The van der Waals surface area contributed by atoms with Crippen molar-refractivity contribution in [1.82, 2.24) is 5.32 Å². The molecule has 2 atom stereocenters. The van der Waals surface area contributed by atoms with E-state index in [-0.39, 0.29) is 29.9 Å². The summed E-state index contributed by atoms with van der Waals surface area (Å²) < 4.78 is 31.1. The van der Waals surface area contributed by atoms with Gasteiger partial charge in [-0.3, -0.25) is 4.79 Å². The Morgan fingerprint density at radius 2 is 2.17 bits per heavy atom. The molecular formula is C13H15F2NO2. The minimum absolute atomic E-state index is 0.0747. The molecule has 1 N–H and O–H groups in total. The Hall–Kier alpha value is -1.33. The molecule has 1 aromatic carbocycles. The van der Waals surface area contributed by atoms with Crippen molar-refractivity contribution in [1.29, 1.82) is 0 Å². The molecule has 1 saturated heterocycles. The van der Waals surface area contributed by atoms with Crippen molar-refractivity contribution in [3.05, 3.63) is 35.4 Å². The van der Waals surface area contributed by atoms with Crippen LogP contribution in [0.2, 0.25) is 0 Å². The first-order valence-electron chi connectivity index (χ1n) is 5.88. The van der Waals surface area contributed by atoms with E-state index in [0.717, 1.165) is 12.1 Å². The maximum atomic E-state index is 13.0. The minimum atomic E-state index is -0.998. The first kappa shape index (κ1) is 13.1. The smallest absolute Gasteiger partial charge is 0.164 e. The summed E-state index contributed by atoms with van der Waals surface area (Å²) in [7, 11) is 0. The highest BCUT2D eigenvalue weighted by Gasteiger charge is 2.22. The summed E-state index contributed by atoms with van der Waals surface area (Å²) in [6.07, 6.45) is 0.218. The summed E-state index contributed by atoms with van der Waals surface area (Å²) in [5.74, 6) is -2.16. The quantitative estimate of drug-likeness (QED) is 0.838. The van der Waals surface area contributed by atoms with Gasteiger partial charge in [0.15, 0.2) is 17.4 Å². The molecule has 0 amide bonds. The number of Topliss-reactive ketones (excluding diaryl/α,β-unsaturated/α-hetero) is 1. The lowest BCUT2D eigenvalue weighted by Gasteiger charge is -2.28. The van der Waals surface area contributed by atoms with Gasteiger partial charge in [0.2, 0.25) is 0 Å². The molecule has 0 bridgehead atoms. The second kappa shape index (κ2) is 5.54. The van der Waals surface area contributed by atoms with E-state index >= 15 is 0 Å². The molecule has 18 heavy (non-hydrogen) atoms. The Labute approximate surface area is 104 Å². The number of ketones is 1. The molecule has 2 unspecified atom stereocenters. The molecule has 1 aliphatic heterocycles. The van der Waals surface area contributed by atoms with E-state index in [2.05, 4.69) is 5.32 Å². The Kier molecular flexibility index (Phi) is 4.04. The minimum Gasteiger partial charge on any atom is -0.378 e. The molecule has 1 aromatic rings. The van der Waals surface area contributed by atoms with Gasteiger partial charge >= 0.3 is 0 Å². The SMILES string of the molecule is CC1COCC(CC(=O)c2ccc(F)c(F)c2)N1. The van der Waals surface area contributed by atoms with Crippen LogP contribution in [0.15, 0.2) is 18.2 Å². The first-order chi connectivity index (χ1) is 8.56. The van der Waals surface area contributed by atoms with Crippen molar-refractivity contribution in [2.45, 2.75) is 25.4 Å². The van der Waals surface area contributed by atoms with E-state index < -0.39 is 11.6 Å². The average molecular weight is 255 g/mol. The maximum Gasteiger partial charge on any atom is 0.164 e. The second-order valence-electron chi connectivity index (χ2n) is 4.56. The summed E-state index contributed by atoms with van der Waals surface area (Å²) in [6, 6.07) is 3.32. The Balaban J connectivity index is 2.00. The normalized spacial score (nSPS) is 23.9. The van der Waals surface area contributed by atoms with Crippen LogP contribution in [0.25, 0.3) is 0 Å². The van der Waals surface area contributed by atoms with E-state index in [0.29, 0.717) is 13.2 Å². The van der Waals surface area contributed by atoms with Gasteiger partial charge in [-0.05, 0) is 25.1 Å². The van der Waals surface area contributed by atoms with Gasteiger partial charge in [-0.2, -0.15) is 0 Å². The number of carbonyl (C=O) groups excluding carboxylic acids is 1. The van der Waals surface area contributed by atoms with Crippen molar-refractivity contribution < 1.29 is 18.3 Å². The molecule has 0 radical (unpaired) electrons. The second-order valence-corrected chi connectivity index (χ2v) is 4.56. The van der Waals surface area contributed by atoms with E-state index in [9.17, 15) is 13.6 Å².